The summed E-state index contributed by atoms with van der Waals surface area (Å²) in [5.41, 5.74) is 1.11. The van der Waals surface area contributed by atoms with Crippen molar-refractivity contribution in [3.05, 3.63) is 35.9 Å². The van der Waals surface area contributed by atoms with Crippen LogP contribution in [0.3, 0.4) is 0 Å². The summed E-state index contributed by atoms with van der Waals surface area (Å²) in [6, 6.07) is 9.96. The van der Waals surface area contributed by atoms with Crippen LogP contribution in [0.1, 0.15) is 25.8 Å². The van der Waals surface area contributed by atoms with E-state index in [9.17, 15) is 9.59 Å². The number of hydrogen-bond acceptors (Lipinski definition) is 4. The highest BCUT2D eigenvalue weighted by molar-refractivity contribution is 5.78. The molecule has 2 heterocycles. The highest BCUT2D eigenvalue weighted by atomic mass is 16.2. The normalized spacial score (nSPS) is 24.1. The molecule has 0 aromatic heterocycles. The van der Waals surface area contributed by atoms with E-state index in [1.807, 2.05) is 35.2 Å². The molecule has 6 heteroatoms. The van der Waals surface area contributed by atoms with Crippen LogP contribution in [-0.2, 0) is 16.1 Å². The molecular weight excluding hydrogens is 352 g/mol. The van der Waals surface area contributed by atoms with Crippen LogP contribution in [0.2, 0.25) is 0 Å². The molecule has 1 N–H and O–H groups in total. The summed E-state index contributed by atoms with van der Waals surface area (Å²) in [4.78, 5) is 31.3. The first kappa shape index (κ1) is 20.8. The van der Waals surface area contributed by atoms with Crippen molar-refractivity contribution in [1.29, 1.82) is 0 Å². The number of likely N-dealkylation sites (tertiary alicyclic amines) is 1. The number of nitrogens with zero attached hydrogens (tertiary/aromatic N) is 3. The molecule has 0 unspecified atom stereocenters. The van der Waals surface area contributed by atoms with Crippen LogP contribution in [0, 0.1) is 11.8 Å². The molecule has 0 radical (unpaired) electrons. The highest BCUT2D eigenvalue weighted by Crippen LogP contribution is 2.21. The van der Waals surface area contributed by atoms with Gasteiger partial charge in [-0.2, -0.15) is 0 Å². The summed E-state index contributed by atoms with van der Waals surface area (Å²) in [6.07, 6.45) is 1.22. The molecule has 28 heavy (non-hydrogen) atoms. The number of carbonyl (C=O) groups is 2. The summed E-state index contributed by atoms with van der Waals surface area (Å²) in [7, 11) is 0. The van der Waals surface area contributed by atoms with Crippen LogP contribution in [0.5, 0.6) is 0 Å². The number of nitrogens with one attached hydrogen (secondary N) is 1. The van der Waals surface area contributed by atoms with Crippen LogP contribution in [-0.4, -0.2) is 78.9 Å². The minimum atomic E-state index is 0.0599. The SMILES string of the molecule is C[C@@H]1C[C@H](C)CN(C(=O)CN2CCN(CC(=O)NCc3ccccc3)CC2)C1. The lowest BCUT2D eigenvalue weighted by atomic mass is 9.92. The van der Waals surface area contributed by atoms with E-state index < -0.39 is 0 Å². The van der Waals surface area contributed by atoms with Gasteiger partial charge in [-0.05, 0) is 23.8 Å². The first-order valence-electron chi connectivity index (χ1n) is 10.5. The molecule has 2 atom stereocenters. The number of piperazine rings is 1. The summed E-state index contributed by atoms with van der Waals surface area (Å²) >= 11 is 0. The molecule has 2 aliphatic heterocycles. The van der Waals surface area contributed by atoms with E-state index in [1.165, 1.54) is 6.42 Å². The summed E-state index contributed by atoms with van der Waals surface area (Å²) in [6.45, 7) is 11.1. The Hall–Kier alpha value is -1.92. The quantitative estimate of drug-likeness (QED) is 0.804. The molecule has 0 bridgehead atoms. The third kappa shape index (κ3) is 6.31. The smallest absolute Gasteiger partial charge is 0.236 e. The van der Waals surface area contributed by atoms with Crippen molar-refractivity contribution in [2.75, 3.05) is 52.4 Å². The average Bonchev–Trinajstić information content (AvgIpc) is 2.68. The minimum Gasteiger partial charge on any atom is -0.351 e. The summed E-state index contributed by atoms with van der Waals surface area (Å²) < 4.78 is 0. The Labute approximate surface area is 168 Å². The Bertz CT molecular complexity index is 633. The molecule has 0 aliphatic carbocycles. The molecule has 3 rings (SSSR count). The van der Waals surface area contributed by atoms with Crippen molar-refractivity contribution < 1.29 is 9.59 Å². The Morgan fingerprint density at radius 3 is 2.11 bits per heavy atom. The fourth-order valence-corrected chi connectivity index (χ4v) is 4.32. The second-order valence-corrected chi connectivity index (χ2v) is 8.56. The summed E-state index contributed by atoms with van der Waals surface area (Å²) in [5, 5.41) is 2.99. The molecule has 2 saturated heterocycles. The second kappa shape index (κ2) is 10.0. The van der Waals surface area contributed by atoms with Crippen LogP contribution in [0.15, 0.2) is 30.3 Å². The number of hydrogen-bond donors (Lipinski definition) is 1. The largest absolute Gasteiger partial charge is 0.351 e. The van der Waals surface area contributed by atoms with Gasteiger partial charge in [0.1, 0.15) is 0 Å². The van der Waals surface area contributed by atoms with E-state index in [2.05, 4.69) is 29.0 Å². The Kier molecular flexibility index (Phi) is 7.45. The number of benzene rings is 1. The molecule has 0 saturated carbocycles. The first-order valence-corrected chi connectivity index (χ1v) is 10.5. The molecule has 1 aromatic carbocycles. The lowest BCUT2D eigenvalue weighted by Gasteiger charge is -2.38. The van der Waals surface area contributed by atoms with E-state index in [0.717, 1.165) is 44.8 Å². The molecule has 0 spiro atoms. The third-order valence-electron chi connectivity index (χ3n) is 5.75. The van der Waals surface area contributed by atoms with Gasteiger partial charge in [-0.3, -0.25) is 19.4 Å². The Morgan fingerprint density at radius 1 is 0.929 bits per heavy atom. The van der Waals surface area contributed by atoms with Crippen molar-refractivity contribution in [2.24, 2.45) is 11.8 Å². The molecule has 2 amide bonds. The molecule has 2 aliphatic rings. The van der Waals surface area contributed by atoms with Gasteiger partial charge in [-0.1, -0.05) is 44.2 Å². The van der Waals surface area contributed by atoms with Crippen LogP contribution >= 0.6 is 0 Å². The van der Waals surface area contributed by atoms with Gasteiger partial charge >= 0.3 is 0 Å². The standard InChI is InChI=1S/C22H34N4O2/c1-18-12-19(2)15-26(14-18)22(28)17-25-10-8-24(9-11-25)16-21(27)23-13-20-6-4-3-5-7-20/h3-7,18-19H,8-17H2,1-2H3,(H,23,27)/t18-,19+. The lowest BCUT2D eigenvalue weighted by Crippen LogP contribution is -2.53. The van der Waals surface area contributed by atoms with Crippen LogP contribution in [0.4, 0.5) is 0 Å². The lowest BCUT2D eigenvalue weighted by molar-refractivity contribution is -0.135. The zero-order chi connectivity index (χ0) is 19.9. The van der Waals surface area contributed by atoms with Gasteiger partial charge in [0.15, 0.2) is 0 Å². The van der Waals surface area contributed by atoms with Gasteiger partial charge in [0.05, 0.1) is 13.1 Å². The average molecular weight is 387 g/mol. The second-order valence-electron chi connectivity index (χ2n) is 8.56. The zero-order valence-electron chi connectivity index (χ0n) is 17.3. The third-order valence-corrected chi connectivity index (χ3v) is 5.75. The van der Waals surface area contributed by atoms with Crippen molar-refractivity contribution in [2.45, 2.75) is 26.8 Å². The predicted molar refractivity (Wildman–Crippen MR) is 111 cm³/mol. The van der Waals surface area contributed by atoms with Gasteiger partial charge in [0.25, 0.3) is 0 Å². The number of piperidine rings is 1. The Morgan fingerprint density at radius 2 is 1.50 bits per heavy atom. The fraction of sp³-hybridized carbons (Fsp3) is 0.636. The first-order chi connectivity index (χ1) is 13.5. The molecular formula is C22H34N4O2. The molecule has 154 valence electrons. The van der Waals surface area contributed by atoms with Crippen molar-refractivity contribution >= 4 is 11.8 Å². The zero-order valence-corrected chi connectivity index (χ0v) is 17.3. The summed E-state index contributed by atoms with van der Waals surface area (Å²) in [5.74, 6) is 1.51. The maximum atomic E-state index is 12.6. The van der Waals surface area contributed by atoms with Gasteiger partial charge in [-0.15, -0.1) is 0 Å². The number of amides is 2. The van der Waals surface area contributed by atoms with Crippen molar-refractivity contribution in [1.82, 2.24) is 20.0 Å². The highest BCUT2D eigenvalue weighted by Gasteiger charge is 2.27. The van der Waals surface area contributed by atoms with Crippen molar-refractivity contribution in [3.63, 3.8) is 0 Å². The van der Waals surface area contributed by atoms with Crippen molar-refractivity contribution in [3.8, 4) is 0 Å². The van der Waals surface area contributed by atoms with E-state index in [0.29, 0.717) is 31.5 Å². The van der Waals surface area contributed by atoms with E-state index in [1.54, 1.807) is 0 Å². The van der Waals surface area contributed by atoms with Gasteiger partial charge in [0.2, 0.25) is 11.8 Å². The topological polar surface area (TPSA) is 55.9 Å². The molecule has 6 nitrogen and oxygen atoms in total. The van der Waals surface area contributed by atoms with Crippen LogP contribution < -0.4 is 5.32 Å². The molecule has 2 fully saturated rings. The van der Waals surface area contributed by atoms with E-state index in [-0.39, 0.29) is 11.8 Å². The van der Waals surface area contributed by atoms with E-state index >= 15 is 0 Å². The minimum absolute atomic E-state index is 0.0599. The molecule has 1 aromatic rings. The van der Waals surface area contributed by atoms with Gasteiger partial charge in [0, 0.05) is 45.8 Å². The number of carbonyl (C=O) groups excluding carboxylic acids is 2. The van der Waals surface area contributed by atoms with Crippen LogP contribution in [0.25, 0.3) is 0 Å². The predicted octanol–water partition coefficient (Wildman–Crippen LogP) is 1.42. The van der Waals surface area contributed by atoms with Gasteiger partial charge in [-0.25, -0.2) is 0 Å². The Balaban J connectivity index is 1.35. The van der Waals surface area contributed by atoms with Gasteiger partial charge < -0.3 is 10.2 Å². The number of rotatable bonds is 6. The fourth-order valence-electron chi connectivity index (χ4n) is 4.32. The maximum Gasteiger partial charge on any atom is 0.236 e. The monoisotopic (exact) mass is 386 g/mol. The maximum absolute atomic E-state index is 12.6. The van der Waals surface area contributed by atoms with E-state index in [4.69, 9.17) is 0 Å².